The molecular weight excluding hydrogens is 418 g/mol. The third-order valence-electron chi connectivity index (χ3n) is 1.57. The highest BCUT2D eigenvalue weighted by atomic mass is 35.5. The zero-order chi connectivity index (χ0) is 15.7. The number of thiocarbonyl (C=S) groups is 2. The van der Waals surface area contributed by atoms with E-state index >= 15 is 0 Å². The van der Waals surface area contributed by atoms with Gasteiger partial charge in [-0.2, -0.15) is 0 Å². The molecule has 0 spiro atoms. The van der Waals surface area contributed by atoms with E-state index < -0.39 is 0 Å². The standard InChI is InChI=1S/C8H7Cl3.2CH4N2S.2ClH/c1-4-3-6(9)5(2)8(11)7(4)10;2*2-1(3)4;;/h3H,1-2H3;2*(H4,2,3,4);2*1H. The number of quaternary nitrogens is 2. The summed E-state index contributed by atoms with van der Waals surface area (Å²) in [6.07, 6.45) is 0. The second-order valence-corrected chi connectivity index (χ2v) is 5.57. The molecule has 0 bridgehead atoms. The van der Waals surface area contributed by atoms with E-state index in [2.05, 4.69) is 35.9 Å². The summed E-state index contributed by atoms with van der Waals surface area (Å²) in [5.74, 6) is 0. The van der Waals surface area contributed by atoms with Crippen LogP contribution in [-0.4, -0.2) is 10.2 Å². The van der Waals surface area contributed by atoms with Crippen LogP contribution in [0.15, 0.2) is 6.07 Å². The minimum absolute atomic E-state index is 0. The zero-order valence-electron chi connectivity index (χ0n) is 11.4. The predicted octanol–water partition coefficient (Wildman–Crippen LogP) is -4.78. The zero-order valence-corrected chi connectivity index (χ0v) is 16.8. The summed E-state index contributed by atoms with van der Waals surface area (Å²) in [7, 11) is 0. The number of hydrogen-bond donors (Lipinski definition) is 4. The van der Waals surface area contributed by atoms with Crippen LogP contribution in [0.2, 0.25) is 15.1 Å². The van der Waals surface area contributed by atoms with Crippen LogP contribution in [0.5, 0.6) is 0 Å². The van der Waals surface area contributed by atoms with Crippen molar-refractivity contribution in [1.82, 2.24) is 0 Å². The Morgan fingerprint density at radius 3 is 1.52 bits per heavy atom. The highest BCUT2D eigenvalue weighted by molar-refractivity contribution is 7.79. The summed E-state index contributed by atoms with van der Waals surface area (Å²) in [5.41, 5.74) is 17.5. The molecule has 0 atom stereocenters. The van der Waals surface area contributed by atoms with Gasteiger partial charge in [0.1, 0.15) is 0 Å². The van der Waals surface area contributed by atoms with E-state index in [4.69, 9.17) is 46.3 Å². The Labute approximate surface area is 162 Å². The average Bonchev–Trinajstić information content (AvgIpc) is 2.22. The van der Waals surface area contributed by atoms with Crippen LogP contribution in [0.1, 0.15) is 11.1 Å². The van der Waals surface area contributed by atoms with E-state index in [1.165, 1.54) is 0 Å². The first-order valence-corrected chi connectivity index (χ1v) is 6.79. The van der Waals surface area contributed by atoms with E-state index in [1.54, 1.807) is 0 Å². The SMILES string of the molecule is Cc1cc(Cl)c(C)c(Cl)c1Cl.NC([NH3+])=S.NC([NH3+])=S.[Cl-].[Cl-]. The predicted molar refractivity (Wildman–Crippen MR) is 90.3 cm³/mol. The number of benzene rings is 1. The fourth-order valence-electron chi connectivity index (χ4n) is 0.804. The molecule has 10 N–H and O–H groups in total. The molecule has 0 fully saturated rings. The first-order chi connectivity index (χ1) is 8.50. The average molecular weight is 435 g/mol. The van der Waals surface area contributed by atoms with Crippen molar-refractivity contribution in [3.8, 4) is 0 Å². The van der Waals surface area contributed by atoms with Crippen molar-refractivity contribution in [3.05, 3.63) is 32.3 Å². The van der Waals surface area contributed by atoms with Crippen molar-refractivity contribution in [2.45, 2.75) is 13.8 Å². The Hall–Kier alpha value is 0.370. The molecule has 0 amide bonds. The van der Waals surface area contributed by atoms with Gasteiger partial charge in [-0.3, -0.25) is 0 Å². The van der Waals surface area contributed by atoms with Crippen molar-refractivity contribution in [2.75, 3.05) is 0 Å². The molecule has 11 heteroatoms. The van der Waals surface area contributed by atoms with Gasteiger partial charge in [0.25, 0.3) is 10.2 Å². The summed E-state index contributed by atoms with van der Waals surface area (Å²) in [6, 6.07) is 1.81. The molecule has 0 unspecified atom stereocenters. The maximum absolute atomic E-state index is 5.87. The number of hydrogen-bond acceptors (Lipinski definition) is 2. The molecule has 0 aliphatic carbocycles. The van der Waals surface area contributed by atoms with Gasteiger partial charge in [-0.25, -0.2) is 0 Å². The molecule has 0 heterocycles. The third-order valence-corrected chi connectivity index (χ3v) is 3.02. The lowest BCUT2D eigenvalue weighted by atomic mass is 10.2. The van der Waals surface area contributed by atoms with Crippen LogP contribution in [-0.2, 0) is 0 Å². The summed E-state index contributed by atoms with van der Waals surface area (Å²) in [5, 5.41) is 2.31. The Morgan fingerprint density at radius 1 is 0.952 bits per heavy atom. The van der Waals surface area contributed by atoms with E-state index in [0.717, 1.165) is 11.1 Å². The van der Waals surface area contributed by atoms with E-state index in [-0.39, 0.29) is 35.0 Å². The smallest absolute Gasteiger partial charge is 0.262 e. The minimum Gasteiger partial charge on any atom is -1.00 e. The van der Waals surface area contributed by atoms with Crippen molar-refractivity contribution in [3.63, 3.8) is 0 Å². The molecule has 0 radical (unpaired) electrons. The molecule has 0 saturated carbocycles. The Bertz CT molecular complexity index is 425. The summed E-state index contributed by atoms with van der Waals surface area (Å²) in [4.78, 5) is 0. The molecule has 21 heavy (non-hydrogen) atoms. The van der Waals surface area contributed by atoms with Crippen LogP contribution < -0.4 is 47.7 Å². The molecule has 1 rings (SSSR count). The lowest BCUT2D eigenvalue weighted by molar-refractivity contribution is -0.211. The molecule has 1 aromatic rings. The normalized spacial score (nSPS) is 7.76. The second kappa shape index (κ2) is 15.3. The molecule has 124 valence electrons. The largest absolute Gasteiger partial charge is 1.00 e. The number of rotatable bonds is 0. The number of aryl methyl sites for hydroxylation is 1. The Balaban J connectivity index is -0.000000123. The van der Waals surface area contributed by atoms with Gasteiger partial charge in [0, 0.05) is 29.5 Å². The van der Waals surface area contributed by atoms with E-state index in [9.17, 15) is 0 Å². The van der Waals surface area contributed by atoms with Crippen LogP contribution in [0.25, 0.3) is 0 Å². The minimum atomic E-state index is 0. The highest BCUT2D eigenvalue weighted by Crippen LogP contribution is 2.33. The van der Waals surface area contributed by atoms with Gasteiger partial charge in [0.2, 0.25) is 0 Å². The molecular formula is C10H17Cl5N4S2. The molecule has 1 aromatic carbocycles. The second-order valence-electron chi connectivity index (χ2n) is 3.36. The fraction of sp³-hybridized carbons (Fsp3) is 0.200. The number of nitrogens with two attached hydrogens (primary N) is 2. The van der Waals surface area contributed by atoms with E-state index in [0.29, 0.717) is 15.1 Å². The van der Waals surface area contributed by atoms with Crippen LogP contribution in [0.3, 0.4) is 0 Å². The topological polar surface area (TPSA) is 107 Å². The van der Waals surface area contributed by atoms with Crippen LogP contribution in [0, 0.1) is 13.8 Å². The molecule has 0 aromatic heterocycles. The summed E-state index contributed by atoms with van der Waals surface area (Å²) < 4.78 is 0. The molecule has 0 aliphatic heterocycles. The van der Waals surface area contributed by atoms with Gasteiger partial charge in [0.05, 0.1) is 10.0 Å². The summed E-state index contributed by atoms with van der Waals surface area (Å²) >= 11 is 26.0. The van der Waals surface area contributed by atoms with Crippen LogP contribution >= 0.6 is 59.2 Å². The summed E-state index contributed by atoms with van der Waals surface area (Å²) in [6.45, 7) is 3.72. The first kappa shape index (κ1) is 29.4. The molecule has 4 nitrogen and oxygen atoms in total. The van der Waals surface area contributed by atoms with Crippen molar-refractivity contribution in [2.24, 2.45) is 11.5 Å². The van der Waals surface area contributed by atoms with Gasteiger partial charge in [-0.05, 0) is 31.0 Å². The highest BCUT2D eigenvalue weighted by Gasteiger charge is 2.07. The quantitative estimate of drug-likeness (QED) is 0.243. The monoisotopic (exact) mass is 432 g/mol. The Kier molecular flexibility index (Phi) is 21.4. The van der Waals surface area contributed by atoms with Gasteiger partial charge < -0.3 is 47.7 Å². The van der Waals surface area contributed by atoms with Gasteiger partial charge in [-0.1, -0.05) is 34.8 Å². The first-order valence-electron chi connectivity index (χ1n) is 4.84. The molecule has 0 aliphatic rings. The van der Waals surface area contributed by atoms with Crippen molar-refractivity contribution in [1.29, 1.82) is 0 Å². The number of halogens is 5. The van der Waals surface area contributed by atoms with Gasteiger partial charge in [-0.15, -0.1) is 0 Å². The molecule has 0 saturated heterocycles. The Morgan fingerprint density at radius 2 is 1.24 bits per heavy atom. The van der Waals surface area contributed by atoms with E-state index in [1.807, 2.05) is 19.9 Å². The van der Waals surface area contributed by atoms with Crippen molar-refractivity contribution >= 4 is 69.5 Å². The van der Waals surface area contributed by atoms with Crippen molar-refractivity contribution < 1.29 is 36.3 Å². The maximum atomic E-state index is 5.87. The van der Waals surface area contributed by atoms with Gasteiger partial charge in [0.15, 0.2) is 0 Å². The fourth-order valence-corrected chi connectivity index (χ4v) is 1.56. The lowest BCUT2D eigenvalue weighted by Crippen LogP contribution is -3.00. The third kappa shape index (κ3) is 16.6. The van der Waals surface area contributed by atoms with Gasteiger partial charge >= 0.3 is 0 Å². The maximum Gasteiger partial charge on any atom is 0.262 e. The lowest BCUT2D eigenvalue weighted by Gasteiger charge is -2.05. The van der Waals surface area contributed by atoms with Crippen LogP contribution in [0.4, 0.5) is 0 Å².